The third-order valence-corrected chi connectivity index (χ3v) is 10.4. The van der Waals surface area contributed by atoms with E-state index < -0.39 is 0 Å². The van der Waals surface area contributed by atoms with Crippen LogP contribution in [0, 0.1) is 0 Å². The van der Waals surface area contributed by atoms with Crippen LogP contribution >= 0.6 is 27.3 Å². The average Bonchev–Trinajstić information content (AvgIpc) is 3.63. The molecule has 0 saturated heterocycles. The molecule has 0 atom stereocenters. The fourth-order valence-electron chi connectivity index (χ4n) is 6.71. The highest BCUT2D eigenvalue weighted by molar-refractivity contribution is 9.10. The van der Waals surface area contributed by atoms with Crippen LogP contribution in [0.2, 0.25) is 0 Å². The minimum absolute atomic E-state index is 1.08. The highest BCUT2D eigenvalue weighted by Crippen LogP contribution is 2.43. The number of thiophene rings is 1. The third kappa shape index (κ3) is 4.53. The topological polar surface area (TPSA) is 8.17 Å². The maximum absolute atomic E-state index is 3.62. The summed E-state index contributed by atoms with van der Waals surface area (Å²) in [5, 5.41) is 5.16. The molecule has 46 heavy (non-hydrogen) atoms. The van der Waals surface area contributed by atoms with E-state index in [9.17, 15) is 0 Å². The Kier molecular flexibility index (Phi) is 6.51. The molecule has 9 aromatic rings. The van der Waals surface area contributed by atoms with Crippen LogP contribution in [-0.2, 0) is 0 Å². The van der Waals surface area contributed by atoms with Crippen LogP contribution in [0.4, 0.5) is 17.1 Å². The first-order valence-electron chi connectivity index (χ1n) is 15.4. The Labute approximate surface area is 279 Å². The lowest BCUT2D eigenvalue weighted by Gasteiger charge is -2.26. The van der Waals surface area contributed by atoms with Gasteiger partial charge in [0.25, 0.3) is 0 Å². The van der Waals surface area contributed by atoms with E-state index in [-0.39, 0.29) is 0 Å². The van der Waals surface area contributed by atoms with Gasteiger partial charge in [-0.25, -0.2) is 0 Å². The molecule has 218 valence electrons. The second-order valence-electron chi connectivity index (χ2n) is 11.6. The predicted octanol–water partition coefficient (Wildman–Crippen LogP) is 13.1. The summed E-state index contributed by atoms with van der Waals surface area (Å²) in [7, 11) is 0. The van der Waals surface area contributed by atoms with Crippen molar-refractivity contribution < 1.29 is 0 Å². The summed E-state index contributed by atoms with van der Waals surface area (Å²) in [4.78, 5) is 2.35. The van der Waals surface area contributed by atoms with Crippen molar-refractivity contribution in [2.24, 2.45) is 0 Å². The van der Waals surface area contributed by atoms with E-state index in [4.69, 9.17) is 0 Å². The quantitative estimate of drug-likeness (QED) is 0.177. The number of anilines is 3. The molecule has 0 fully saturated rings. The number of benzene rings is 7. The smallest absolute Gasteiger partial charge is 0.0561 e. The van der Waals surface area contributed by atoms with Gasteiger partial charge in [0.2, 0.25) is 0 Å². The molecule has 0 saturated carbocycles. The van der Waals surface area contributed by atoms with Crippen molar-refractivity contribution in [2.75, 3.05) is 4.90 Å². The van der Waals surface area contributed by atoms with Crippen molar-refractivity contribution in [3.8, 4) is 16.8 Å². The van der Waals surface area contributed by atoms with Crippen molar-refractivity contribution in [1.82, 2.24) is 4.57 Å². The molecule has 2 nitrogen and oxygen atoms in total. The van der Waals surface area contributed by atoms with E-state index in [1.165, 1.54) is 53.1 Å². The molecule has 0 aliphatic heterocycles. The Morgan fingerprint density at radius 3 is 1.93 bits per heavy atom. The molecule has 7 aromatic carbocycles. The van der Waals surface area contributed by atoms with E-state index in [0.29, 0.717) is 0 Å². The van der Waals surface area contributed by atoms with E-state index in [1.54, 1.807) is 0 Å². The van der Waals surface area contributed by atoms with Crippen molar-refractivity contribution in [2.45, 2.75) is 0 Å². The summed E-state index contributed by atoms with van der Waals surface area (Å²) >= 11 is 5.49. The zero-order chi connectivity index (χ0) is 30.6. The Morgan fingerprint density at radius 1 is 0.435 bits per heavy atom. The number of rotatable bonds is 5. The molecule has 0 unspecified atom stereocenters. The molecule has 0 spiro atoms. The number of halogens is 1. The maximum Gasteiger partial charge on any atom is 0.0561 e. The van der Waals surface area contributed by atoms with E-state index in [2.05, 4.69) is 189 Å². The van der Waals surface area contributed by atoms with Gasteiger partial charge in [-0.1, -0.05) is 101 Å². The minimum atomic E-state index is 1.08. The van der Waals surface area contributed by atoms with Crippen LogP contribution in [-0.4, -0.2) is 4.57 Å². The number of hydrogen-bond donors (Lipinski definition) is 0. The van der Waals surface area contributed by atoms with Gasteiger partial charge in [0.15, 0.2) is 0 Å². The van der Waals surface area contributed by atoms with Crippen LogP contribution in [0.25, 0.3) is 58.8 Å². The second-order valence-corrected chi connectivity index (χ2v) is 13.6. The average molecular weight is 672 g/mol. The fourth-order valence-corrected chi connectivity index (χ4v) is 8.23. The van der Waals surface area contributed by atoms with E-state index in [1.807, 2.05) is 11.3 Å². The predicted molar refractivity (Wildman–Crippen MR) is 201 cm³/mol. The van der Waals surface area contributed by atoms with Gasteiger partial charge in [-0.15, -0.1) is 11.3 Å². The van der Waals surface area contributed by atoms with Crippen molar-refractivity contribution in [3.05, 3.63) is 168 Å². The molecule has 0 aliphatic carbocycles. The zero-order valence-electron chi connectivity index (χ0n) is 24.8. The number of aromatic nitrogens is 1. The summed E-state index contributed by atoms with van der Waals surface area (Å²) < 4.78 is 6.14. The number of fused-ring (bicyclic) bond motifs is 6. The van der Waals surface area contributed by atoms with Gasteiger partial charge in [-0.2, -0.15) is 0 Å². The summed E-state index contributed by atoms with van der Waals surface area (Å²) in [5.41, 5.74) is 9.28. The van der Waals surface area contributed by atoms with Crippen LogP contribution < -0.4 is 4.90 Å². The largest absolute Gasteiger partial charge is 0.310 e. The molecule has 2 aromatic heterocycles. The zero-order valence-corrected chi connectivity index (χ0v) is 27.2. The molecule has 0 aliphatic rings. The summed E-state index contributed by atoms with van der Waals surface area (Å²) in [5.74, 6) is 0. The number of hydrogen-bond acceptors (Lipinski definition) is 2. The first kappa shape index (κ1) is 27.2. The number of para-hydroxylation sites is 2. The Balaban J connectivity index is 1.27. The van der Waals surface area contributed by atoms with Gasteiger partial charge in [0.05, 0.1) is 11.0 Å². The molecule has 0 N–H and O–H groups in total. The van der Waals surface area contributed by atoms with Crippen LogP contribution in [0.1, 0.15) is 0 Å². The Morgan fingerprint density at radius 2 is 1.13 bits per heavy atom. The fraction of sp³-hybridized carbons (Fsp3) is 0. The lowest BCUT2D eigenvalue weighted by Crippen LogP contribution is -2.10. The van der Waals surface area contributed by atoms with Gasteiger partial charge < -0.3 is 9.47 Å². The second kappa shape index (κ2) is 11.0. The third-order valence-electron chi connectivity index (χ3n) is 8.82. The normalized spacial score (nSPS) is 11.6. The first-order chi connectivity index (χ1) is 22.7. The Bertz CT molecular complexity index is 2530. The lowest BCUT2D eigenvalue weighted by atomic mass is 10.0. The van der Waals surface area contributed by atoms with Gasteiger partial charge >= 0.3 is 0 Å². The lowest BCUT2D eigenvalue weighted by molar-refractivity contribution is 1.18. The summed E-state index contributed by atoms with van der Waals surface area (Å²) in [6, 6.07) is 59.2. The first-order valence-corrected chi connectivity index (χ1v) is 17.0. The van der Waals surface area contributed by atoms with Gasteiger partial charge in [0, 0.05) is 58.2 Å². The monoisotopic (exact) mass is 670 g/mol. The standard InChI is InChI=1S/C42H27BrN2S/c43-30-11-9-10-29(24-30)28-18-20-33(21-19-28)44(31-12-3-1-4-13-31)34-22-23-35-37-26-38-36-16-7-8-17-41(36)46-42(38)27-40(37)45(39(35)25-34)32-14-5-2-6-15-32/h1-27H. The van der Waals surface area contributed by atoms with E-state index in [0.717, 1.165) is 27.2 Å². The van der Waals surface area contributed by atoms with Crippen LogP contribution in [0.3, 0.4) is 0 Å². The van der Waals surface area contributed by atoms with E-state index >= 15 is 0 Å². The van der Waals surface area contributed by atoms with Gasteiger partial charge in [-0.05, 0) is 90.0 Å². The van der Waals surface area contributed by atoms with Gasteiger partial charge in [-0.3, -0.25) is 0 Å². The van der Waals surface area contributed by atoms with Crippen LogP contribution in [0.15, 0.2) is 168 Å². The minimum Gasteiger partial charge on any atom is -0.310 e. The molecule has 0 amide bonds. The molecule has 9 rings (SSSR count). The molecular weight excluding hydrogens is 644 g/mol. The highest BCUT2D eigenvalue weighted by Gasteiger charge is 2.19. The summed E-state index contributed by atoms with van der Waals surface area (Å²) in [6.45, 7) is 0. The molecule has 0 radical (unpaired) electrons. The molecule has 0 bridgehead atoms. The SMILES string of the molecule is Brc1cccc(-c2ccc(N(c3ccccc3)c3ccc4c5cc6c(cc5n(-c5ccccc5)c4c3)sc3ccccc36)cc2)c1. The molecule has 4 heteroatoms. The van der Waals surface area contributed by atoms with Crippen LogP contribution in [0.5, 0.6) is 0 Å². The van der Waals surface area contributed by atoms with Crippen molar-refractivity contribution in [3.63, 3.8) is 0 Å². The maximum atomic E-state index is 3.62. The Hall–Kier alpha value is -5.16. The molecule has 2 heterocycles. The molecular formula is C42H27BrN2S. The van der Waals surface area contributed by atoms with Crippen molar-refractivity contribution in [1.29, 1.82) is 0 Å². The van der Waals surface area contributed by atoms with Crippen molar-refractivity contribution >= 4 is 86.3 Å². The highest BCUT2D eigenvalue weighted by atomic mass is 79.9. The number of nitrogens with zero attached hydrogens (tertiary/aromatic N) is 2. The van der Waals surface area contributed by atoms with Gasteiger partial charge in [0.1, 0.15) is 0 Å². The summed E-state index contributed by atoms with van der Waals surface area (Å²) in [6.07, 6.45) is 0.